The average molecular weight is 162 g/mol. The van der Waals surface area contributed by atoms with Crippen LogP contribution in [-0.4, -0.2) is 11.0 Å². The summed E-state index contributed by atoms with van der Waals surface area (Å²) < 4.78 is 0. The van der Waals surface area contributed by atoms with Crippen molar-refractivity contribution in [2.45, 2.75) is 19.4 Å². The van der Waals surface area contributed by atoms with Gasteiger partial charge in [0, 0.05) is 18.4 Å². The lowest BCUT2D eigenvalue weighted by atomic mass is 10.0. The summed E-state index contributed by atoms with van der Waals surface area (Å²) in [6, 6.07) is 2.12. The third kappa shape index (κ3) is 2.17. The molecule has 12 heavy (non-hydrogen) atoms. The number of aromatic nitrogens is 1. The molecule has 1 rings (SSSR count). The van der Waals surface area contributed by atoms with Crippen molar-refractivity contribution in [2.24, 2.45) is 5.73 Å². The summed E-state index contributed by atoms with van der Waals surface area (Å²) in [5, 5.41) is 0. The van der Waals surface area contributed by atoms with E-state index in [0.29, 0.717) is 0 Å². The molecule has 1 aromatic heterocycles. The minimum Gasteiger partial charge on any atom is -0.328 e. The van der Waals surface area contributed by atoms with Crippen molar-refractivity contribution in [3.8, 4) is 0 Å². The topological polar surface area (TPSA) is 38.9 Å². The van der Waals surface area contributed by atoms with Gasteiger partial charge >= 0.3 is 0 Å². The van der Waals surface area contributed by atoms with Gasteiger partial charge in [0.1, 0.15) is 0 Å². The average Bonchev–Trinajstić information content (AvgIpc) is 2.04. The number of nitrogens with two attached hydrogens (primary N) is 1. The van der Waals surface area contributed by atoms with Gasteiger partial charge < -0.3 is 5.73 Å². The van der Waals surface area contributed by atoms with Gasteiger partial charge in [-0.15, -0.1) is 0 Å². The maximum absolute atomic E-state index is 5.69. The van der Waals surface area contributed by atoms with E-state index < -0.39 is 0 Å². The second kappa shape index (κ2) is 4.02. The van der Waals surface area contributed by atoms with Crippen LogP contribution in [0.1, 0.15) is 18.1 Å². The summed E-state index contributed by atoms with van der Waals surface area (Å²) in [6.07, 6.45) is 6.30. The largest absolute Gasteiger partial charge is 0.328 e. The molecule has 0 aliphatic carbocycles. The molecule has 0 fully saturated rings. The highest BCUT2D eigenvalue weighted by Crippen LogP contribution is 2.09. The first-order chi connectivity index (χ1) is 5.74. The summed E-state index contributed by atoms with van der Waals surface area (Å²) in [4.78, 5) is 4.04. The van der Waals surface area contributed by atoms with Gasteiger partial charge in [-0.3, -0.25) is 4.98 Å². The van der Waals surface area contributed by atoms with Gasteiger partial charge in [0.05, 0.1) is 0 Å². The normalized spacial score (nSPS) is 12.5. The van der Waals surface area contributed by atoms with E-state index in [4.69, 9.17) is 5.73 Å². The van der Waals surface area contributed by atoms with Crippen molar-refractivity contribution in [3.05, 3.63) is 36.2 Å². The minimum absolute atomic E-state index is 0.174. The molecule has 0 radical (unpaired) electrons. The molecule has 0 aliphatic rings. The Morgan fingerprint density at radius 1 is 1.75 bits per heavy atom. The highest BCUT2D eigenvalue weighted by atomic mass is 14.6. The van der Waals surface area contributed by atoms with Gasteiger partial charge in [-0.05, 0) is 30.5 Å². The van der Waals surface area contributed by atoms with E-state index in [2.05, 4.69) is 11.6 Å². The first kappa shape index (κ1) is 8.94. The van der Waals surface area contributed by atoms with Crippen LogP contribution in [0.25, 0.3) is 6.08 Å². The molecule has 0 bridgehead atoms. The van der Waals surface area contributed by atoms with Gasteiger partial charge in [-0.2, -0.15) is 0 Å². The Balaban J connectivity index is 2.89. The highest BCUT2D eigenvalue weighted by molar-refractivity contribution is 5.50. The molecule has 1 atom stereocenters. The van der Waals surface area contributed by atoms with Crippen LogP contribution >= 0.6 is 0 Å². The van der Waals surface area contributed by atoms with Crippen molar-refractivity contribution in [1.29, 1.82) is 0 Å². The van der Waals surface area contributed by atoms with Crippen molar-refractivity contribution < 1.29 is 0 Å². The lowest BCUT2D eigenvalue weighted by Gasteiger charge is -2.07. The van der Waals surface area contributed by atoms with Crippen LogP contribution in [-0.2, 0) is 6.42 Å². The van der Waals surface area contributed by atoms with Gasteiger partial charge in [-0.1, -0.05) is 12.7 Å². The number of pyridine rings is 1. The summed E-state index contributed by atoms with van der Waals surface area (Å²) in [5.41, 5.74) is 7.98. The predicted molar refractivity (Wildman–Crippen MR) is 51.7 cm³/mol. The van der Waals surface area contributed by atoms with Crippen LogP contribution in [0.2, 0.25) is 0 Å². The molecule has 2 N–H and O–H groups in total. The molecule has 64 valence electrons. The summed E-state index contributed by atoms with van der Waals surface area (Å²) in [6.45, 7) is 5.72. The van der Waals surface area contributed by atoms with E-state index in [1.807, 2.05) is 25.3 Å². The zero-order valence-corrected chi connectivity index (χ0v) is 7.33. The maximum Gasteiger partial charge on any atom is 0.0306 e. The molecule has 2 heteroatoms. The van der Waals surface area contributed by atoms with Gasteiger partial charge in [0.2, 0.25) is 0 Å². The Labute approximate surface area is 73.1 Å². The quantitative estimate of drug-likeness (QED) is 0.733. The van der Waals surface area contributed by atoms with Crippen LogP contribution in [0.3, 0.4) is 0 Å². The summed E-state index contributed by atoms with van der Waals surface area (Å²) in [5.74, 6) is 0. The first-order valence-corrected chi connectivity index (χ1v) is 4.05. The second-order valence-electron chi connectivity index (χ2n) is 2.96. The fourth-order valence-corrected chi connectivity index (χ4v) is 1.15. The van der Waals surface area contributed by atoms with E-state index >= 15 is 0 Å². The zero-order valence-electron chi connectivity index (χ0n) is 7.33. The SMILES string of the molecule is C=Cc1ccncc1CC(C)N. The molecule has 0 aliphatic heterocycles. The molecule has 0 spiro atoms. The Kier molecular flexibility index (Phi) is 3.00. The molecule has 2 nitrogen and oxygen atoms in total. The van der Waals surface area contributed by atoms with Crippen LogP contribution in [0.15, 0.2) is 25.0 Å². The fourth-order valence-electron chi connectivity index (χ4n) is 1.15. The zero-order chi connectivity index (χ0) is 8.97. The van der Waals surface area contributed by atoms with Crippen molar-refractivity contribution in [1.82, 2.24) is 4.98 Å². The first-order valence-electron chi connectivity index (χ1n) is 4.05. The summed E-state index contributed by atoms with van der Waals surface area (Å²) >= 11 is 0. The number of hydrogen-bond acceptors (Lipinski definition) is 2. The molecule has 0 amide bonds. The van der Waals surface area contributed by atoms with Crippen molar-refractivity contribution in [2.75, 3.05) is 0 Å². The Hall–Kier alpha value is -1.15. The van der Waals surface area contributed by atoms with Gasteiger partial charge in [0.15, 0.2) is 0 Å². The van der Waals surface area contributed by atoms with Crippen LogP contribution < -0.4 is 5.73 Å². The summed E-state index contributed by atoms with van der Waals surface area (Å²) in [7, 11) is 0. The standard InChI is InChI=1S/C10H14N2/c1-3-9-4-5-12-7-10(9)6-8(2)11/h3-5,7-8H,1,6,11H2,2H3. The van der Waals surface area contributed by atoms with E-state index in [-0.39, 0.29) is 6.04 Å². The van der Waals surface area contributed by atoms with Crippen LogP contribution in [0, 0.1) is 0 Å². The molecule has 0 aromatic carbocycles. The minimum atomic E-state index is 0.174. The van der Waals surface area contributed by atoms with Crippen LogP contribution in [0.4, 0.5) is 0 Å². The van der Waals surface area contributed by atoms with E-state index in [1.54, 1.807) is 6.20 Å². The lowest BCUT2D eigenvalue weighted by Crippen LogP contribution is -2.18. The third-order valence-electron chi connectivity index (χ3n) is 1.70. The van der Waals surface area contributed by atoms with Crippen LogP contribution in [0.5, 0.6) is 0 Å². The fraction of sp³-hybridized carbons (Fsp3) is 0.300. The monoisotopic (exact) mass is 162 g/mol. The molecule has 0 saturated heterocycles. The molecule has 1 heterocycles. The van der Waals surface area contributed by atoms with Crippen molar-refractivity contribution in [3.63, 3.8) is 0 Å². The second-order valence-corrected chi connectivity index (χ2v) is 2.96. The lowest BCUT2D eigenvalue weighted by molar-refractivity contribution is 0.735. The van der Waals surface area contributed by atoms with Gasteiger partial charge in [0.25, 0.3) is 0 Å². The predicted octanol–water partition coefficient (Wildman–Crippen LogP) is 1.61. The number of hydrogen-bond donors (Lipinski definition) is 1. The maximum atomic E-state index is 5.69. The Morgan fingerprint density at radius 3 is 3.08 bits per heavy atom. The van der Waals surface area contributed by atoms with Crippen molar-refractivity contribution >= 4 is 6.08 Å². The number of nitrogens with zero attached hydrogens (tertiary/aromatic N) is 1. The Morgan fingerprint density at radius 2 is 2.50 bits per heavy atom. The third-order valence-corrected chi connectivity index (χ3v) is 1.70. The van der Waals surface area contributed by atoms with E-state index in [9.17, 15) is 0 Å². The molecule has 0 saturated carbocycles. The molecular weight excluding hydrogens is 148 g/mol. The van der Waals surface area contributed by atoms with E-state index in [1.165, 1.54) is 5.56 Å². The highest BCUT2D eigenvalue weighted by Gasteiger charge is 2.01. The molecular formula is C10H14N2. The number of rotatable bonds is 3. The smallest absolute Gasteiger partial charge is 0.0306 e. The van der Waals surface area contributed by atoms with Gasteiger partial charge in [-0.25, -0.2) is 0 Å². The Bertz CT molecular complexity index is 266. The molecule has 1 aromatic rings. The molecule has 1 unspecified atom stereocenters. The van der Waals surface area contributed by atoms with E-state index in [0.717, 1.165) is 12.0 Å².